The van der Waals surface area contributed by atoms with Gasteiger partial charge in [-0.25, -0.2) is 0 Å². The molecular formula is C8H20N2O3S. The number of hydroxylamine groups is 1. The highest BCUT2D eigenvalue weighted by Crippen LogP contribution is 2.02. The molecule has 3 N–H and O–H groups in total. The van der Waals surface area contributed by atoms with Crippen molar-refractivity contribution in [2.24, 2.45) is 5.73 Å². The standard InChI is InChI=1S/C8H20N2O3S/c1-2-3-4-5-8-14(11,12)13-10-7-6-9/h10H,2-9H2,1H3. The number of unbranched alkanes of at least 4 members (excludes halogenated alkanes) is 3. The minimum absolute atomic E-state index is 0.0740. The maximum Gasteiger partial charge on any atom is 0.283 e. The summed E-state index contributed by atoms with van der Waals surface area (Å²) in [4.78, 5) is 0. The summed E-state index contributed by atoms with van der Waals surface area (Å²) in [6, 6.07) is 0. The highest BCUT2D eigenvalue weighted by molar-refractivity contribution is 7.86. The van der Waals surface area contributed by atoms with E-state index in [0.717, 1.165) is 19.3 Å². The molecule has 0 amide bonds. The van der Waals surface area contributed by atoms with E-state index in [1.165, 1.54) is 0 Å². The average molecular weight is 224 g/mol. The molecule has 0 aliphatic carbocycles. The second-order valence-corrected chi connectivity index (χ2v) is 4.78. The SMILES string of the molecule is CCCCCCS(=O)(=O)ONCCN. The molecule has 0 radical (unpaired) electrons. The number of nitrogens with one attached hydrogen (secondary N) is 1. The van der Waals surface area contributed by atoms with E-state index in [4.69, 9.17) is 5.73 Å². The van der Waals surface area contributed by atoms with Crippen LogP contribution in [0.1, 0.15) is 32.6 Å². The van der Waals surface area contributed by atoms with Crippen molar-refractivity contribution in [1.82, 2.24) is 5.48 Å². The Hall–Kier alpha value is -0.170. The lowest BCUT2D eigenvalue weighted by molar-refractivity contribution is 0.207. The predicted molar refractivity (Wildman–Crippen MR) is 56.1 cm³/mol. The van der Waals surface area contributed by atoms with Gasteiger partial charge in [-0.1, -0.05) is 26.2 Å². The lowest BCUT2D eigenvalue weighted by atomic mass is 10.2. The maximum absolute atomic E-state index is 11.1. The fourth-order valence-electron chi connectivity index (χ4n) is 0.938. The Morgan fingerprint density at radius 3 is 2.57 bits per heavy atom. The summed E-state index contributed by atoms with van der Waals surface area (Å²) in [6.07, 6.45) is 3.73. The molecule has 0 bridgehead atoms. The van der Waals surface area contributed by atoms with Gasteiger partial charge in [0.2, 0.25) is 0 Å². The van der Waals surface area contributed by atoms with Gasteiger partial charge < -0.3 is 5.73 Å². The van der Waals surface area contributed by atoms with Crippen molar-refractivity contribution in [1.29, 1.82) is 0 Å². The fourth-order valence-corrected chi connectivity index (χ4v) is 1.84. The zero-order chi connectivity index (χ0) is 10.9. The van der Waals surface area contributed by atoms with Crippen LogP contribution in [0.15, 0.2) is 0 Å². The minimum Gasteiger partial charge on any atom is -0.329 e. The molecule has 6 heteroatoms. The van der Waals surface area contributed by atoms with Crippen LogP contribution in [0.4, 0.5) is 0 Å². The van der Waals surface area contributed by atoms with E-state index in [1.807, 2.05) is 0 Å². The molecular weight excluding hydrogens is 204 g/mol. The third-order valence-electron chi connectivity index (χ3n) is 1.68. The van der Waals surface area contributed by atoms with Crippen LogP contribution in [-0.2, 0) is 14.4 Å². The van der Waals surface area contributed by atoms with Crippen LogP contribution < -0.4 is 11.2 Å². The normalized spacial score (nSPS) is 11.9. The van der Waals surface area contributed by atoms with Gasteiger partial charge in [0.05, 0.1) is 5.75 Å². The van der Waals surface area contributed by atoms with Crippen molar-refractivity contribution in [3.63, 3.8) is 0 Å². The van der Waals surface area contributed by atoms with Crippen LogP contribution >= 0.6 is 0 Å². The monoisotopic (exact) mass is 224 g/mol. The first kappa shape index (κ1) is 13.8. The van der Waals surface area contributed by atoms with Gasteiger partial charge in [0.15, 0.2) is 0 Å². The number of rotatable bonds is 9. The van der Waals surface area contributed by atoms with Crippen molar-refractivity contribution in [2.75, 3.05) is 18.8 Å². The molecule has 14 heavy (non-hydrogen) atoms. The lowest BCUT2D eigenvalue weighted by Gasteiger charge is -2.04. The van der Waals surface area contributed by atoms with Crippen LogP contribution in [0.2, 0.25) is 0 Å². The molecule has 5 nitrogen and oxygen atoms in total. The van der Waals surface area contributed by atoms with Gasteiger partial charge in [-0.15, -0.1) is 0 Å². The third-order valence-corrected chi connectivity index (χ3v) is 2.84. The van der Waals surface area contributed by atoms with Crippen molar-refractivity contribution in [2.45, 2.75) is 32.6 Å². The van der Waals surface area contributed by atoms with E-state index in [-0.39, 0.29) is 5.75 Å². The summed E-state index contributed by atoms with van der Waals surface area (Å²) >= 11 is 0. The van der Waals surface area contributed by atoms with Gasteiger partial charge in [-0.3, -0.25) is 0 Å². The molecule has 0 aromatic carbocycles. The second-order valence-electron chi connectivity index (χ2n) is 3.09. The Bertz CT molecular complexity index is 217. The summed E-state index contributed by atoms with van der Waals surface area (Å²) < 4.78 is 26.8. The molecule has 0 fully saturated rings. The van der Waals surface area contributed by atoms with E-state index in [1.54, 1.807) is 0 Å². The highest BCUT2D eigenvalue weighted by atomic mass is 32.2. The molecule has 86 valence electrons. The van der Waals surface area contributed by atoms with E-state index < -0.39 is 10.1 Å². The highest BCUT2D eigenvalue weighted by Gasteiger charge is 2.09. The van der Waals surface area contributed by atoms with Gasteiger partial charge in [0.25, 0.3) is 10.1 Å². The summed E-state index contributed by atoms with van der Waals surface area (Å²) in [7, 11) is -3.40. The molecule has 0 aromatic heterocycles. The summed E-state index contributed by atoms with van der Waals surface area (Å²) in [6.45, 7) is 2.77. The number of hydrogen-bond acceptors (Lipinski definition) is 5. The Balaban J connectivity index is 3.52. The topological polar surface area (TPSA) is 81.4 Å². The Morgan fingerprint density at radius 1 is 1.29 bits per heavy atom. The molecule has 0 saturated carbocycles. The molecule has 0 heterocycles. The largest absolute Gasteiger partial charge is 0.329 e. The van der Waals surface area contributed by atoms with E-state index >= 15 is 0 Å². The van der Waals surface area contributed by atoms with Crippen LogP contribution in [0.3, 0.4) is 0 Å². The number of nitrogens with two attached hydrogens (primary N) is 1. The Kier molecular flexibility index (Phi) is 8.07. The van der Waals surface area contributed by atoms with Gasteiger partial charge in [0.1, 0.15) is 0 Å². The third kappa shape index (κ3) is 8.43. The van der Waals surface area contributed by atoms with Gasteiger partial charge in [-0.2, -0.15) is 18.2 Å². The molecule has 0 spiro atoms. The first-order valence-corrected chi connectivity index (χ1v) is 6.54. The molecule has 0 aromatic rings. The van der Waals surface area contributed by atoms with Crippen LogP contribution in [-0.4, -0.2) is 27.3 Å². The molecule has 0 saturated heterocycles. The zero-order valence-corrected chi connectivity index (χ0v) is 9.48. The van der Waals surface area contributed by atoms with Crippen LogP contribution in [0.5, 0.6) is 0 Å². The smallest absolute Gasteiger partial charge is 0.283 e. The van der Waals surface area contributed by atoms with Crippen LogP contribution in [0.25, 0.3) is 0 Å². The lowest BCUT2D eigenvalue weighted by Crippen LogP contribution is -2.27. The first-order chi connectivity index (χ1) is 6.62. The van der Waals surface area contributed by atoms with Gasteiger partial charge in [0, 0.05) is 13.1 Å². The van der Waals surface area contributed by atoms with Crippen molar-refractivity contribution >= 4 is 10.1 Å². The molecule has 0 aliphatic rings. The minimum atomic E-state index is -3.40. The van der Waals surface area contributed by atoms with Crippen LogP contribution in [0, 0.1) is 0 Å². The van der Waals surface area contributed by atoms with E-state index in [0.29, 0.717) is 19.5 Å². The first-order valence-electron chi connectivity index (χ1n) is 4.96. The average Bonchev–Trinajstić information content (AvgIpc) is 2.13. The van der Waals surface area contributed by atoms with E-state index in [9.17, 15) is 8.42 Å². The molecule has 0 atom stereocenters. The zero-order valence-electron chi connectivity index (χ0n) is 8.66. The van der Waals surface area contributed by atoms with Gasteiger partial charge >= 0.3 is 0 Å². The number of hydrogen-bond donors (Lipinski definition) is 2. The second kappa shape index (κ2) is 8.16. The Labute approximate surface area is 86.1 Å². The van der Waals surface area contributed by atoms with Crippen molar-refractivity contribution in [3.8, 4) is 0 Å². The summed E-state index contributed by atoms with van der Waals surface area (Å²) in [5.41, 5.74) is 7.46. The fraction of sp³-hybridized carbons (Fsp3) is 1.00. The Morgan fingerprint density at radius 2 is 2.00 bits per heavy atom. The predicted octanol–water partition coefficient (Wildman–Crippen LogP) is 0.376. The molecule has 0 rings (SSSR count). The van der Waals surface area contributed by atoms with Crippen molar-refractivity contribution in [3.05, 3.63) is 0 Å². The van der Waals surface area contributed by atoms with Gasteiger partial charge in [-0.05, 0) is 6.42 Å². The van der Waals surface area contributed by atoms with E-state index in [2.05, 4.69) is 16.7 Å². The maximum atomic E-state index is 11.1. The van der Waals surface area contributed by atoms with Crippen molar-refractivity contribution < 1.29 is 12.7 Å². The summed E-state index contributed by atoms with van der Waals surface area (Å²) in [5.74, 6) is 0.0740. The summed E-state index contributed by atoms with van der Waals surface area (Å²) in [5, 5.41) is 0. The quantitative estimate of drug-likeness (QED) is 0.437. The molecule has 0 aliphatic heterocycles. The molecule has 0 unspecified atom stereocenters.